The summed E-state index contributed by atoms with van der Waals surface area (Å²) in [6.45, 7) is 7.55. The first-order valence-electron chi connectivity index (χ1n) is 9.52. The number of hydrogen-bond donors (Lipinski definition) is 0. The molecule has 1 aromatic heterocycles. The van der Waals surface area contributed by atoms with Crippen LogP contribution in [0, 0.1) is 0 Å². The predicted octanol–water partition coefficient (Wildman–Crippen LogP) is 3.45. The minimum Gasteiger partial charge on any atom is -0.302 e. The van der Waals surface area contributed by atoms with Gasteiger partial charge in [-0.2, -0.15) is 0 Å². The van der Waals surface area contributed by atoms with Crippen molar-refractivity contribution in [3.8, 4) is 0 Å². The molecule has 3 rings (SSSR count). The maximum atomic E-state index is 12.9. The van der Waals surface area contributed by atoms with E-state index in [2.05, 4.69) is 30.7 Å². The van der Waals surface area contributed by atoms with Gasteiger partial charge in [0.2, 0.25) is 0 Å². The third-order valence-electron chi connectivity index (χ3n) is 5.70. The quantitative estimate of drug-likeness (QED) is 0.819. The van der Waals surface area contributed by atoms with Gasteiger partial charge in [0, 0.05) is 37.7 Å². The minimum absolute atomic E-state index is 0.0195. The lowest BCUT2D eigenvalue weighted by Crippen LogP contribution is -2.36. The van der Waals surface area contributed by atoms with E-state index in [1.807, 2.05) is 13.1 Å². The summed E-state index contributed by atoms with van der Waals surface area (Å²) in [5.74, 6) is 0.865. The zero-order chi connectivity index (χ0) is 18.8. The molecule has 5 nitrogen and oxygen atoms in total. The van der Waals surface area contributed by atoms with E-state index in [-0.39, 0.29) is 11.6 Å². The molecule has 2 aromatic rings. The monoisotopic (exact) mass is 376 g/mol. The number of nitrogens with zero attached hydrogens (tertiary/aromatic N) is 4. The topological polar surface area (TPSA) is 41.4 Å². The lowest BCUT2D eigenvalue weighted by molar-refractivity contribution is 0.181. The molecule has 0 aliphatic carbocycles. The first-order valence-corrected chi connectivity index (χ1v) is 9.90. The number of hydrogen-bond acceptors (Lipinski definition) is 4. The van der Waals surface area contributed by atoms with Crippen molar-refractivity contribution in [1.82, 2.24) is 19.4 Å². The molecular weight excluding hydrogens is 348 g/mol. The van der Waals surface area contributed by atoms with Crippen LogP contribution >= 0.6 is 11.6 Å². The number of aromatic nitrogens is 2. The van der Waals surface area contributed by atoms with Crippen molar-refractivity contribution in [1.29, 1.82) is 0 Å². The first kappa shape index (κ1) is 19.3. The second-order valence-corrected chi connectivity index (χ2v) is 7.89. The lowest BCUT2D eigenvalue weighted by Gasteiger charge is -2.31. The highest BCUT2D eigenvalue weighted by Crippen LogP contribution is 2.27. The van der Waals surface area contributed by atoms with Crippen LogP contribution in [0.2, 0.25) is 5.02 Å². The Morgan fingerprint density at radius 2 is 2.04 bits per heavy atom. The molecule has 0 amide bonds. The summed E-state index contributed by atoms with van der Waals surface area (Å²) in [6.07, 6.45) is 3.19. The van der Waals surface area contributed by atoms with E-state index in [9.17, 15) is 4.79 Å². The molecule has 142 valence electrons. The number of likely N-dealkylation sites (N-methyl/N-ethyl adjacent to an activating group) is 1. The summed E-state index contributed by atoms with van der Waals surface area (Å²) in [7, 11) is 4.02. The van der Waals surface area contributed by atoms with Crippen LogP contribution in [0.25, 0.3) is 10.9 Å². The van der Waals surface area contributed by atoms with Gasteiger partial charge in [-0.3, -0.25) is 14.3 Å². The highest BCUT2D eigenvalue weighted by molar-refractivity contribution is 6.31. The molecule has 1 unspecified atom stereocenters. The molecule has 1 fully saturated rings. The Kier molecular flexibility index (Phi) is 6.00. The van der Waals surface area contributed by atoms with Gasteiger partial charge in [0.05, 0.1) is 16.9 Å². The Morgan fingerprint density at radius 3 is 2.77 bits per heavy atom. The van der Waals surface area contributed by atoms with Crippen LogP contribution in [0.5, 0.6) is 0 Å². The highest BCUT2D eigenvalue weighted by atomic mass is 35.5. The molecule has 6 heteroatoms. The average molecular weight is 377 g/mol. The summed E-state index contributed by atoms with van der Waals surface area (Å²) >= 11 is 6.07. The fourth-order valence-corrected chi connectivity index (χ4v) is 3.98. The SMILES string of the molecule is CCCC(c1nc2ccc(Cl)cc2c(=O)n1C)N1CC[C@@H](C)N(C)CC1. The van der Waals surface area contributed by atoms with E-state index in [0.29, 0.717) is 16.5 Å². The molecule has 0 bridgehead atoms. The van der Waals surface area contributed by atoms with Crippen molar-refractivity contribution in [2.75, 3.05) is 26.7 Å². The van der Waals surface area contributed by atoms with Crippen LogP contribution in [0.4, 0.5) is 0 Å². The molecule has 2 atom stereocenters. The summed E-state index contributed by atoms with van der Waals surface area (Å²) < 4.78 is 1.72. The fraction of sp³-hybridized carbons (Fsp3) is 0.600. The summed E-state index contributed by atoms with van der Waals surface area (Å²) in [4.78, 5) is 22.7. The van der Waals surface area contributed by atoms with Gasteiger partial charge in [-0.25, -0.2) is 4.98 Å². The van der Waals surface area contributed by atoms with Crippen molar-refractivity contribution in [3.05, 3.63) is 39.4 Å². The number of fused-ring (bicyclic) bond motifs is 1. The molecule has 1 aromatic carbocycles. The van der Waals surface area contributed by atoms with E-state index >= 15 is 0 Å². The molecule has 1 aliphatic heterocycles. The zero-order valence-corrected chi connectivity index (χ0v) is 17.0. The van der Waals surface area contributed by atoms with E-state index < -0.39 is 0 Å². The van der Waals surface area contributed by atoms with Gasteiger partial charge in [-0.1, -0.05) is 24.9 Å². The van der Waals surface area contributed by atoms with Gasteiger partial charge in [-0.05, 0) is 45.0 Å². The standard InChI is InChI=1S/C20H29ClN4O/c1-5-6-18(25-10-9-14(2)23(3)11-12-25)19-22-17-8-7-15(21)13-16(17)20(26)24(19)4/h7-8,13-14,18H,5-6,9-12H2,1-4H3/t14-,18?/m1/s1. The van der Waals surface area contributed by atoms with E-state index in [1.54, 1.807) is 16.7 Å². The number of benzene rings is 1. The van der Waals surface area contributed by atoms with Crippen molar-refractivity contribution in [2.45, 2.75) is 45.2 Å². The summed E-state index contributed by atoms with van der Waals surface area (Å²) in [5, 5.41) is 1.15. The Bertz CT molecular complexity index is 822. The maximum Gasteiger partial charge on any atom is 0.261 e. The second-order valence-electron chi connectivity index (χ2n) is 7.45. The zero-order valence-electron chi connectivity index (χ0n) is 16.2. The van der Waals surface area contributed by atoms with Crippen molar-refractivity contribution in [2.24, 2.45) is 7.05 Å². The van der Waals surface area contributed by atoms with Gasteiger partial charge in [0.15, 0.2) is 0 Å². The molecule has 0 N–H and O–H groups in total. The van der Waals surface area contributed by atoms with Crippen LogP contribution in [-0.2, 0) is 7.05 Å². The van der Waals surface area contributed by atoms with Crippen molar-refractivity contribution < 1.29 is 0 Å². The van der Waals surface area contributed by atoms with Crippen LogP contribution in [0.15, 0.2) is 23.0 Å². The first-order chi connectivity index (χ1) is 12.4. The molecule has 1 saturated heterocycles. The van der Waals surface area contributed by atoms with E-state index in [0.717, 1.165) is 50.2 Å². The van der Waals surface area contributed by atoms with E-state index in [1.165, 1.54) is 0 Å². The summed E-state index contributed by atoms with van der Waals surface area (Å²) in [5.41, 5.74) is 0.711. The van der Waals surface area contributed by atoms with Crippen LogP contribution in [0.1, 0.15) is 45.0 Å². The lowest BCUT2D eigenvalue weighted by atomic mass is 10.1. The molecule has 2 heterocycles. The third-order valence-corrected chi connectivity index (χ3v) is 5.93. The Hall–Kier alpha value is -1.43. The number of rotatable bonds is 4. The van der Waals surface area contributed by atoms with E-state index in [4.69, 9.17) is 16.6 Å². The Labute approximate surface area is 160 Å². The van der Waals surface area contributed by atoms with Gasteiger partial charge in [-0.15, -0.1) is 0 Å². The highest BCUT2D eigenvalue weighted by Gasteiger charge is 2.27. The predicted molar refractivity (Wildman–Crippen MR) is 108 cm³/mol. The van der Waals surface area contributed by atoms with Gasteiger partial charge >= 0.3 is 0 Å². The molecule has 0 radical (unpaired) electrons. The van der Waals surface area contributed by atoms with Gasteiger partial charge in [0.1, 0.15) is 5.82 Å². The van der Waals surface area contributed by atoms with Crippen molar-refractivity contribution in [3.63, 3.8) is 0 Å². The molecule has 0 spiro atoms. The molecule has 1 aliphatic rings. The third kappa shape index (κ3) is 3.80. The minimum atomic E-state index is -0.0195. The normalized spacial score (nSPS) is 21.0. The fourth-order valence-electron chi connectivity index (χ4n) is 3.81. The molecule has 26 heavy (non-hydrogen) atoms. The Morgan fingerprint density at radius 1 is 1.27 bits per heavy atom. The molecule has 0 saturated carbocycles. The second kappa shape index (κ2) is 8.07. The van der Waals surface area contributed by atoms with Gasteiger partial charge < -0.3 is 4.90 Å². The van der Waals surface area contributed by atoms with Gasteiger partial charge in [0.25, 0.3) is 5.56 Å². The average Bonchev–Trinajstić information content (AvgIpc) is 2.79. The van der Waals surface area contributed by atoms with Crippen molar-refractivity contribution >= 4 is 22.5 Å². The maximum absolute atomic E-state index is 12.9. The largest absolute Gasteiger partial charge is 0.302 e. The summed E-state index contributed by atoms with van der Waals surface area (Å²) in [6, 6.07) is 6.11. The van der Waals surface area contributed by atoms with Crippen LogP contribution < -0.4 is 5.56 Å². The number of halogens is 1. The van der Waals surface area contributed by atoms with Crippen LogP contribution in [0.3, 0.4) is 0 Å². The molecular formula is C20H29ClN4O. The Balaban J connectivity index is 2.04. The van der Waals surface area contributed by atoms with Crippen LogP contribution in [-0.4, -0.2) is 52.1 Å². The smallest absolute Gasteiger partial charge is 0.261 e.